The molecule has 0 heterocycles. The third-order valence-corrected chi connectivity index (χ3v) is 3.32. The predicted molar refractivity (Wildman–Crippen MR) is 79.4 cm³/mol. The zero-order valence-corrected chi connectivity index (χ0v) is 12.2. The normalized spacial score (nSPS) is 12.0. The van der Waals surface area contributed by atoms with Crippen LogP contribution in [0.3, 0.4) is 0 Å². The van der Waals surface area contributed by atoms with E-state index in [1.807, 2.05) is 24.3 Å². The van der Waals surface area contributed by atoms with Crippen molar-refractivity contribution in [2.75, 3.05) is 14.2 Å². The maximum atomic E-state index is 14.0. The number of methoxy groups -OCH3 is 2. The minimum Gasteiger partial charge on any atom is -0.497 e. The second kappa shape index (κ2) is 7.09. The highest BCUT2D eigenvalue weighted by molar-refractivity contribution is 5.32. The molecule has 4 heteroatoms. The average molecular weight is 290 g/mol. The van der Waals surface area contributed by atoms with E-state index in [9.17, 15) is 9.50 Å². The Labute approximate surface area is 124 Å². The van der Waals surface area contributed by atoms with Gasteiger partial charge in [-0.1, -0.05) is 24.3 Å². The topological polar surface area (TPSA) is 38.7 Å². The monoisotopic (exact) mass is 290 g/mol. The minimum absolute atomic E-state index is 0.195. The Morgan fingerprint density at radius 1 is 1.05 bits per heavy atom. The highest BCUT2D eigenvalue weighted by atomic mass is 19.1. The fourth-order valence-corrected chi connectivity index (χ4v) is 2.27. The largest absolute Gasteiger partial charge is 0.497 e. The Hall–Kier alpha value is -2.07. The summed E-state index contributed by atoms with van der Waals surface area (Å²) in [6.45, 7) is 0. The lowest BCUT2D eigenvalue weighted by Crippen LogP contribution is -2.15. The van der Waals surface area contributed by atoms with E-state index < -0.39 is 11.9 Å². The van der Waals surface area contributed by atoms with Crippen molar-refractivity contribution >= 4 is 0 Å². The molecular formula is C17H19FO3. The molecule has 0 saturated heterocycles. The predicted octanol–water partition coefficient (Wildman–Crippen LogP) is 2.99. The number of aliphatic hydroxyl groups excluding tert-OH is 1. The second-order valence-electron chi connectivity index (χ2n) is 4.85. The summed E-state index contributed by atoms with van der Waals surface area (Å²) < 4.78 is 24.1. The van der Waals surface area contributed by atoms with E-state index in [0.29, 0.717) is 12.0 Å². The summed E-state index contributed by atoms with van der Waals surface area (Å²) in [5, 5.41) is 10.2. The Bertz CT molecular complexity index is 598. The number of aliphatic hydroxyl groups is 1. The number of rotatable bonds is 6. The zero-order valence-electron chi connectivity index (χ0n) is 12.2. The number of ether oxygens (including phenoxy) is 2. The van der Waals surface area contributed by atoms with Gasteiger partial charge in [0.25, 0.3) is 0 Å². The summed E-state index contributed by atoms with van der Waals surface area (Å²) in [6, 6.07) is 12.4. The lowest BCUT2D eigenvalue weighted by Gasteiger charge is -2.13. The summed E-state index contributed by atoms with van der Waals surface area (Å²) >= 11 is 0. The van der Waals surface area contributed by atoms with Gasteiger partial charge in [-0.05, 0) is 35.7 Å². The van der Waals surface area contributed by atoms with E-state index in [2.05, 4.69) is 0 Å². The summed E-state index contributed by atoms with van der Waals surface area (Å²) in [5.74, 6) is 0.526. The van der Waals surface area contributed by atoms with E-state index in [1.54, 1.807) is 25.3 Å². The van der Waals surface area contributed by atoms with Crippen molar-refractivity contribution in [3.8, 4) is 11.5 Å². The molecule has 1 unspecified atom stereocenters. The first kappa shape index (κ1) is 15.3. The van der Waals surface area contributed by atoms with Gasteiger partial charge in [0.1, 0.15) is 5.75 Å². The molecule has 2 rings (SSSR count). The molecule has 0 radical (unpaired) electrons. The van der Waals surface area contributed by atoms with E-state index in [0.717, 1.165) is 11.3 Å². The number of hydrogen-bond donors (Lipinski definition) is 1. The van der Waals surface area contributed by atoms with Crippen LogP contribution in [0, 0.1) is 5.82 Å². The molecule has 112 valence electrons. The first-order valence-corrected chi connectivity index (χ1v) is 6.76. The first-order chi connectivity index (χ1) is 10.1. The first-order valence-electron chi connectivity index (χ1n) is 6.76. The second-order valence-corrected chi connectivity index (χ2v) is 4.85. The molecule has 0 aliphatic rings. The van der Waals surface area contributed by atoms with Crippen LogP contribution in [-0.4, -0.2) is 25.4 Å². The molecule has 3 nitrogen and oxygen atoms in total. The molecular weight excluding hydrogens is 271 g/mol. The molecule has 0 fully saturated rings. The van der Waals surface area contributed by atoms with Crippen LogP contribution < -0.4 is 9.47 Å². The molecule has 0 bridgehead atoms. The highest BCUT2D eigenvalue weighted by Gasteiger charge is 2.13. The van der Waals surface area contributed by atoms with Crippen LogP contribution >= 0.6 is 0 Å². The van der Waals surface area contributed by atoms with Crippen molar-refractivity contribution in [1.29, 1.82) is 0 Å². The molecule has 2 aromatic carbocycles. The molecule has 1 N–H and O–H groups in total. The van der Waals surface area contributed by atoms with Gasteiger partial charge in [-0.25, -0.2) is 4.39 Å². The van der Waals surface area contributed by atoms with Gasteiger partial charge in [0.2, 0.25) is 0 Å². The van der Waals surface area contributed by atoms with Gasteiger partial charge in [0.15, 0.2) is 11.6 Å². The van der Waals surface area contributed by atoms with Gasteiger partial charge < -0.3 is 14.6 Å². The smallest absolute Gasteiger partial charge is 0.168 e. The van der Waals surface area contributed by atoms with Crippen LogP contribution in [0.2, 0.25) is 0 Å². The van der Waals surface area contributed by atoms with Crippen molar-refractivity contribution in [3.05, 3.63) is 59.4 Å². The maximum Gasteiger partial charge on any atom is 0.168 e. The summed E-state index contributed by atoms with van der Waals surface area (Å²) in [5.41, 5.74) is 1.40. The van der Waals surface area contributed by atoms with Crippen molar-refractivity contribution in [2.24, 2.45) is 0 Å². The van der Waals surface area contributed by atoms with Crippen LogP contribution in [0.1, 0.15) is 11.1 Å². The number of benzene rings is 2. The zero-order chi connectivity index (χ0) is 15.2. The summed E-state index contributed by atoms with van der Waals surface area (Å²) in [4.78, 5) is 0. The molecule has 0 aliphatic heterocycles. The van der Waals surface area contributed by atoms with E-state index in [-0.39, 0.29) is 12.2 Å². The minimum atomic E-state index is -0.668. The van der Waals surface area contributed by atoms with Gasteiger partial charge in [-0.15, -0.1) is 0 Å². The van der Waals surface area contributed by atoms with Gasteiger partial charge in [0.05, 0.1) is 20.3 Å². The molecule has 0 aliphatic carbocycles. The van der Waals surface area contributed by atoms with Crippen LogP contribution in [0.4, 0.5) is 4.39 Å². The van der Waals surface area contributed by atoms with Crippen LogP contribution in [0.5, 0.6) is 11.5 Å². The van der Waals surface area contributed by atoms with E-state index in [4.69, 9.17) is 9.47 Å². The molecule has 21 heavy (non-hydrogen) atoms. The Kier molecular flexibility index (Phi) is 5.17. The van der Waals surface area contributed by atoms with Crippen molar-refractivity contribution in [3.63, 3.8) is 0 Å². The Morgan fingerprint density at radius 3 is 2.52 bits per heavy atom. The van der Waals surface area contributed by atoms with Crippen molar-refractivity contribution in [2.45, 2.75) is 18.9 Å². The molecule has 0 amide bonds. The standard InChI is InChI=1S/C17H19FO3/c1-20-15-7-3-5-12(10-15)9-14(19)11-13-6-4-8-16(21-2)17(13)18/h3-8,10,14,19H,9,11H2,1-2H3. The molecule has 0 aromatic heterocycles. The third kappa shape index (κ3) is 3.95. The van der Waals surface area contributed by atoms with Crippen LogP contribution in [0.15, 0.2) is 42.5 Å². The van der Waals surface area contributed by atoms with Gasteiger partial charge in [-0.3, -0.25) is 0 Å². The molecule has 1 atom stereocenters. The van der Waals surface area contributed by atoms with Crippen molar-refractivity contribution < 1.29 is 19.0 Å². The van der Waals surface area contributed by atoms with E-state index in [1.165, 1.54) is 7.11 Å². The fourth-order valence-electron chi connectivity index (χ4n) is 2.27. The fraction of sp³-hybridized carbons (Fsp3) is 0.294. The average Bonchev–Trinajstić information content (AvgIpc) is 2.49. The number of hydrogen-bond acceptors (Lipinski definition) is 3. The van der Waals surface area contributed by atoms with Crippen molar-refractivity contribution in [1.82, 2.24) is 0 Å². The lowest BCUT2D eigenvalue weighted by atomic mass is 10.0. The van der Waals surface area contributed by atoms with Gasteiger partial charge >= 0.3 is 0 Å². The summed E-state index contributed by atoms with van der Waals surface area (Å²) in [6.07, 6.45) is 0.00684. The lowest BCUT2D eigenvalue weighted by molar-refractivity contribution is 0.174. The molecule has 0 spiro atoms. The van der Waals surface area contributed by atoms with Crippen LogP contribution in [-0.2, 0) is 12.8 Å². The van der Waals surface area contributed by atoms with E-state index >= 15 is 0 Å². The highest BCUT2D eigenvalue weighted by Crippen LogP contribution is 2.22. The quantitative estimate of drug-likeness (QED) is 0.889. The van der Waals surface area contributed by atoms with Gasteiger partial charge in [0, 0.05) is 6.42 Å². The third-order valence-electron chi connectivity index (χ3n) is 3.32. The number of halogens is 1. The maximum absolute atomic E-state index is 14.0. The Morgan fingerprint density at radius 2 is 1.81 bits per heavy atom. The molecule has 0 saturated carbocycles. The molecule has 2 aromatic rings. The SMILES string of the molecule is COc1cccc(CC(O)Cc2cccc(OC)c2F)c1. The van der Waals surface area contributed by atoms with Crippen LogP contribution in [0.25, 0.3) is 0 Å². The summed E-state index contributed by atoms with van der Waals surface area (Å²) in [7, 11) is 3.02. The van der Waals surface area contributed by atoms with Gasteiger partial charge in [-0.2, -0.15) is 0 Å². The Balaban J connectivity index is 2.06.